The fourth-order valence-corrected chi connectivity index (χ4v) is 2.62. The zero-order valence-corrected chi connectivity index (χ0v) is 12.9. The van der Waals surface area contributed by atoms with Gasteiger partial charge >= 0.3 is 0 Å². The molecular weight excluding hydrogens is 250 g/mol. The lowest BCUT2D eigenvalue weighted by Crippen LogP contribution is -2.12. The number of hydrogen-bond donors (Lipinski definition) is 1. The van der Waals surface area contributed by atoms with E-state index in [0.717, 1.165) is 25.2 Å². The van der Waals surface area contributed by atoms with Crippen LogP contribution in [0.3, 0.4) is 0 Å². The summed E-state index contributed by atoms with van der Waals surface area (Å²) in [6.45, 7) is 6.55. The Morgan fingerprint density at radius 1 is 1.25 bits per heavy atom. The number of ether oxygens (including phenoxy) is 2. The maximum Gasteiger partial charge on any atom is 0.119 e. The van der Waals surface area contributed by atoms with Gasteiger partial charge in [-0.1, -0.05) is 19.9 Å². The summed E-state index contributed by atoms with van der Waals surface area (Å²) in [4.78, 5) is 0. The summed E-state index contributed by atoms with van der Waals surface area (Å²) >= 11 is 0. The molecule has 1 aromatic rings. The Morgan fingerprint density at radius 2 is 2.10 bits per heavy atom. The average molecular weight is 277 g/mol. The molecule has 0 saturated carbocycles. The molecule has 0 bridgehead atoms. The van der Waals surface area contributed by atoms with Gasteiger partial charge in [-0.3, -0.25) is 0 Å². The first-order valence-electron chi connectivity index (χ1n) is 7.71. The molecule has 1 unspecified atom stereocenters. The molecule has 0 amide bonds. The molecule has 1 N–H and O–H groups in total. The normalized spacial score (nSPS) is 17.5. The number of hydrogen-bond acceptors (Lipinski definition) is 3. The van der Waals surface area contributed by atoms with Crippen molar-refractivity contribution in [3.05, 3.63) is 29.3 Å². The van der Waals surface area contributed by atoms with Crippen LogP contribution in [-0.2, 0) is 11.2 Å². The molecule has 0 heterocycles. The molecule has 0 radical (unpaired) electrons. The van der Waals surface area contributed by atoms with Crippen LogP contribution < -0.4 is 10.1 Å². The van der Waals surface area contributed by atoms with E-state index >= 15 is 0 Å². The topological polar surface area (TPSA) is 30.5 Å². The second-order valence-corrected chi connectivity index (χ2v) is 5.88. The molecule has 1 aliphatic rings. The van der Waals surface area contributed by atoms with Crippen LogP contribution in [0, 0.1) is 5.92 Å². The molecule has 1 aliphatic carbocycles. The molecule has 20 heavy (non-hydrogen) atoms. The molecule has 1 aromatic carbocycles. The maximum atomic E-state index is 5.76. The van der Waals surface area contributed by atoms with Crippen molar-refractivity contribution in [1.29, 1.82) is 0 Å². The van der Waals surface area contributed by atoms with Crippen molar-refractivity contribution in [2.45, 2.75) is 39.2 Å². The van der Waals surface area contributed by atoms with Crippen LogP contribution >= 0.6 is 0 Å². The monoisotopic (exact) mass is 277 g/mol. The first-order valence-corrected chi connectivity index (χ1v) is 7.71. The minimum Gasteiger partial charge on any atom is -0.491 e. The van der Waals surface area contributed by atoms with E-state index in [-0.39, 0.29) is 0 Å². The van der Waals surface area contributed by atoms with Gasteiger partial charge in [0.25, 0.3) is 0 Å². The second-order valence-electron chi connectivity index (χ2n) is 5.88. The highest BCUT2D eigenvalue weighted by Gasteiger charge is 2.20. The zero-order valence-electron chi connectivity index (χ0n) is 12.9. The van der Waals surface area contributed by atoms with E-state index in [1.165, 1.54) is 17.5 Å². The highest BCUT2D eigenvalue weighted by molar-refractivity contribution is 5.40. The number of rotatable bonds is 8. The van der Waals surface area contributed by atoms with Crippen molar-refractivity contribution < 1.29 is 9.47 Å². The highest BCUT2D eigenvalue weighted by Crippen LogP contribution is 2.33. The highest BCUT2D eigenvalue weighted by atomic mass is 16.5. The molecule has 0 aromatic heterocycles. The van der Waals surface area contributed by atoms with Crippen molar-refractivity contribution in [2.75, 3.05) is 26.9 Å². The van der Waals surface area contributed by atoms with Gasteiger partial charge in [-0.2, -0.15) is 0 Å². The van der Waals surface area contributed by atoms with Crippen LogP contribution in [0.4, 0.5) is 0 Å². The summed E-state index contributed by atoms with van der Waals surface area (Å²) in [5.41, 5.74) is 2.84. The van der Waals surface area contributed by atoms with Crippen molar-refractivity contribution in [1.82, 2.24) is 5.32 Å². The van der Waals surface area contributed by atoms with Crippen LogP contribution in [0.2, 0.25) is 0 Å². The number of aryl methyl sites for hydroxylation is 1. The fraction of sp³-hybridized carbons (Fsp3) is 0.647. The minimum absolute atomic E-state index is 0.512. The molecule has 0 spiro atoms. The van der Waals surface area contributed by atoms with E-state index in [2.05, 4.69) is 37.4 Å². The second kappa shape index (κ2) is 7.65. The Kier molecular flexibility index (Phi) is 5.86. The lowest BCUT2D eigenvalue weighted by molar-refractivity contribution is 0.0925. The number of fused-ring (bicyclic) bond motifs is 1. The van der Waals surface area contributed by atoms with Crippen LogP contribution in [-0.4, -0.2) is 26.9 Å². The molecule has 2 rings (SSSR count). The van der Waals surface area contributed by atoms with Crippen molar-refractivity contribution in [3.8, 4) is 5.75 Å². The van der Waals surface area contributed by atoms with Gasteiger partial charge in [0.05, 0.1) is 6.61 Å². The third-order valence-electron chi connectivity index (χ3n) is 3.88. The van der Waals surface area contributed by atoms with Crippen LogP contribution in [0.1, 0.15) is 43.9 Å². The molecule has 0 fully saturated rings. The predicted molar refractivity (Wildman–Crippen MR) is 82.3 cm³/mol. The lowest BCUT2D eigenvalue weighted by Gasteiger charge is -2.12. The predicted octanol–water partition coefficient (Wildman–Crippen LogP) is 3.33. The molecule has 112 valence electrons. The SMILES string of the molecule is CNC1CCc2cc(OCCOCCC(C)C)ccc21. The van der Waals surface area contributed by atoms with Gasteiger partial charge in [0.2, 0.25) is 0 Å². The van der Waals surface area contributed by atoms with Crippen LogP contribution in [0.25, 0.3) is 0 Å². The summed E-state index contributed by atoms with van der Waals surface area (Å²) in [6.07, 6.45) is 3.45. The third-order valence-corrected chi connectivity index (χ3v) is 3.88. The average Bonchev–Trinajstić information content (AvgIpc) is 2.84. The minimum atomic E-state index is 0.512. The summed E-state index contributed by atoms with van der Waals surface area (Å²) in [7, 11) is 2.03. The van der Waals surface area contributed by atoms with Gasteiger partial charge in [-0.05, 0) is 55.5 Å². The van der Waals surface area contributed by atoms with E-state index in [1.807, 2.05) is 7.05 Å². The molecule has 3 heteroatoms. The van der Waals surface area contributed by atoms with E-state index in [0.29, 0.717) is 25.2 Å². The summed E-state index contributed by atoms with van der Waals surface area (Å²) in [5.74, 6) is 1.67. The quantitative estimate of drug-likeness (QED) is 0.739. The Balaban J connectivity index is 1.72. The Morgan fingerprint density at radius 3 is 2.85 bits per heavy atom. The smallest absolute Gasteiger partial charge is 0.119 e. The van der Waals surface area contributed by atoms with Crippen molar-refractivity contribution >= 4 is 0 Å². The van der Waals surface area contributed by atoms with Crippen LogP contribution in [0.15, 0.2) is 18.2 Å². The first-order chi connectivity index (χ1) is 9.70. The lowest BCUT2D eigenvalue weighted by atomic mass is 10.1. The summed E-state index contributed by atoms with van der Waals surface area (Å²) in [5, 5.41) is 3.35. The van der Waals surface area contributed by atoms with E-state index < -0.39 is 0 Å². The van der Waals surface area contributed by atoms with Gasteiger partial charge in [-0.25, -0.2) is 0 Å². The van der Waals surface area contributed by atoms with Gasteiger partial charge in [-0.15, -0.1) is 0 Å². The van der Waals surface area contributed by atoms with E-state index in [9.17, 15) is 0 Å². The number of nitrogens with one attached hydrogen (secondary N) is 1. The zero-order chi connectivity index (χ0) is 14.4. The van der Waals surface area contributed by atoms with Gasteiger partial charge in [0.15, 0.2) is 0 Å². The Hall–Kier alpha value is -1.06. The first kappa shape index (κ1) is 15.3. The van der Waals surface area contributed by atoms with Crippen molar-refractivity contribution in [2.24, 2.45) is 5.92 Å². The van der Waals surface area contributed by atoms with Gasteiger partial charge in [0, 0.05) is 12.6 Å². The number of benzene rings is 1. The Bertz CT molecular complexity index is 417. The van der Waals surface area contributed by atoms with Gasteiger partial charge < -0.3 is 14.8 Å². The molecular formula is C17H27NO2. The molecule has 0 saturated heterocycles. The molecule has 3 nitrogen and oxygen atoms in total. The third kappa shape index (κ3) is 4.22. The fourth-order valence-electron chi connectivity index (χ4n) is 2.62. The van der Waals surface area contributed by atoms with E-state index in [4.69, 9.17) is 9.47 Å². The summed E-state index contributed by atoms with van der Waals surface area (Å²) < 4.78 is 11.3. The summed E-state index contributed by atoms with van der Waals surface area (Å²) in [6, 6.07) is 6.96. The van der Waals surface area contributed by atoms with E-state index in [1.54, 1.807) is 0 Å². The molecule has 1 atom stereocenters. The maximum absolute atomic E-state index is 5.76. The van der Waals surface area contributed by atoms with Crippen LogP contribution in [0.5, 0.6) is 5.75 Å². The Labute approximate surface area is 122 Å². The standard InChI is InChI=1S/C17H27NO2/c1-13(2)8-9-19-10-11-20-15-5-6-16-14(12-15)4-7-17(16)18-3/h5-6,12-13,17-18H,4,7-11H2,1-3H3. The van der Waals surface area contributed by atoms with Gasteiger partial charge in [0.1, 0.15) is 12.4 Å². The largest absolute Gasteiger partial charge is 0.491 e. The molecule has 0 aliphatic heterocycles. The van der Waals surface area contributed by atoms with Crippen molar-refractivity contribution in [3.63, 3.8) is 0 Å².